The Morgan fingerprint density at radius 3 is 2.96 bits per heavy atom. The third-order valence-corrected chi connectivity index (χ3v) is 5.57. The molecule has 26 heavy (non-hydrogen) atoms. The summed E-state index contributed by atoms with van der Waals surface area (Å²) in [5.41, 5.74) is 4.44. The molecular formula is C19H20N6S. The van der Waals surface area contributed by atoms with Gasteiger partial charge in [-0.05, 0) is 48.9 Å². The van der Waals surface area contributed by atoms with Gasteiger partial charge in [0.2, 0.25) is 5.13 Å². The number of aromatic nitrogens is 4. The molecule has 0 atom stereocenters. The van der Waals surface area contributed by atoms with Crippen molar-refractivity contribution in [3.63, 3.8) is 0 Å². The molecule has 6 nitrogen and oxygen atoms in total. The van der Waals surface area contributed by atoms with E-state index in [0.29, 0.717) is 5.82 Å². The first kappa shape index (κ1) is 15.8. The van der Waals surface area contributed by atoms with Crippen LogP contribution < -0.4 is 5.32 Å². The molecule has 1 aliphatic heterocycles. The molecule has 132 valence electrons. The van der Waals surface area contributed by atoms with Crippen LogP contribution in [-0.4, -0.2) is 30.8 Å². The van der Waals surface area contributed by atoms with Crippen LogP contribution in [0.3, 0.4) is 0 Å². The highest BCUT2D eigenvalue weighted by Gasteiger charge is 2.28. The summed E-state index contributed by atoms with van der Waals surface area (Å²) in [5, 5.41) is 3.98. The molecule has 0 amide bonds. The maximum atomic E-state index is 4.84. The largest absolute Gasteiger partial charge is 0.315 e. The Morgan fingerprint density at radius 2 is 2.12 bits per heavy atom. The average molecular weight is 364 g/mol. The molecule has 0 saturated heterocycles. The molecule has 0 radical (unpaired) electrons. The summed E-state index contributed by atoms with van der Waals surface area (Å²) in [6.45, 7) is 5.20. The third kappa shape index (κ3) is 3.20. The second-order valence-electron chi connectivity index (χ2n) is 7.13. The molecular weight excluding hydrogens is 344 g/mol. The van der Waals surface area contributed by atoms with Crippen LogP contribution >= 0.6 is 11.5 Å². The topological polar surface area (TPSA) is 66.8 Å². The molecule has 7 heteroatoms. The van der Waals surface area contributed by atoms with Crippen LogP contribution in [-0.2, 0) is 13.1 Å². The number of rotatable bonds is 5. The zero-order chi connectivity index (χ0) is 17.5. The smallest absolute Gasteiger partial charge is 0.208 e. The highest BCUT2D eigenvalue weighted by atomic mass is 32.1. The Bertz CT molecular complexity index is 949. The van der Waals surface area contributed by atoms with Gasteiger partial charge >= 0.3 is 0 Å². The van der Waals surface area contributed by atoms with Crippen LogP contribution in [0.1, 0.15) is 29.7 Å². The maximum absolute atomic E-state index is 4.84. The lowest BCUT2D eigenvalue weighted by molar-refractivity contribution is 0.271. The summed E-state index contributed by atoms with van der Waals surface area (Å²) in [6.07, 6.45) is 4.55. The van der Waals surface area contributed by atoms with Gasteiger partial charge in [-0.3, -0.25) is 4.90 Å². The first-order chi connectivity index (χ1) is 12.7. The van der Waals surface area contributed by atoms with Crippen LogP contribution in [0, 0.1) is 12.8 Å². The molecule has 3 aromatic heterocycles. The van der Waals surface area contributed by atoms with Gasteiger partial charge in [-0.2, -0.15) is 9.36 Å². The minimum atomic E-state index is 0.675. The van der Waals surface area contributed by atoms with E-state index in [4.69, 9.17) is 4.98 Å². The maximum Gasteiger partial charge on any atom is 0.208 e. The Hall–Kier alpha value is -2.38. The van der Waals surface area contributed by atoms with E-state index in [1.807, 2.05) is 25.1 Å². The van der Waals surface area contributed by atoms with Crippen LogP contribution in [0.2, 0.25) is 0 Å². The fraction of sp³-hybridized carbons (Fsp3) is 0.368. The number of pyridine rings is 2. The molecule has 1 aliphatic carbocycles. The van der Waals surface area contributed by atoms with Crippen molar-refractivity contribution < 1.29 is 0 Å². The van der Waals surface area contributed by atoms with Gasteiger partial charge in [-0.1, -0.05) is 12.1 Å². The fourth-order valence-electron chi connectivity index (χ4n) is 3.33. The van der Waals surface area contributed by atoms with Crippen molar-refractivity contribution in [2.24, 2.45) is 5.92 Å². The van der Waals surface area contributed by atoms with E-state index in [2.05, 4.69) is 30.6 Å². The molecule has 0 aromatic carbocycles. The highest BCUT2D eigenvalue weighted by molar-refractivity contribution is 7.09. The van der Waals surface area contributed by atoms with E-state index < -0.39 is 0 Å². The summed E-state index contributed by atoms with van der Waals surface area (Å²) in [4.78, 5) is 16.3. The lowest BCUT2D eigenvalue weighted by Gasteiger charge is -2.12. The van der Waals surface area contributed by atoms with Crippen LogP contribution in [0.4, 0.5) is 10.9 Å². The second kappa shape index (κ2) is 6.41. The monoisotopic (exact) mass is 364 g/mol. The summed E-state index contributed by atoms with van der Waals surface area (Å²) < 4.78 is 4.48. The van der Waals surface area contributed by atoms with Crippen molar-refractivity contribution in [1.82, 2.24) is 24.2 Å². The molecule has 1 fully saturated rings. The molecule has 1 saturated carbocycles. The summed E-state index contributed by atoms with van der Waals surface area (Å²) in [7, 11) is 0. The van der Waals surface area contributed by atoms with Crippen molar-refractivity contribution in [1.29, 1.82) is 0 Å². The SMILES string of the molecule is Cc1cccnc1Nc1nc(-c2ccc3c(n2)CN(CC2CC2)C3)ns1. The predicted molar refractivity (Wildman–Crippen MR) is 102 cm³/mol. The van der Waals surface area contributed by atoms with Gasteiger partial charge in [0.25, 0.3) is 0 Å². The minimum absolute atomic E-state index is 0.675. The van der Waals surface area contributed by atoms with Crippen molar-refractivity contribution >= 4 is 22.5 Å². The average Bonchev–Trinajstić information content (AvgIpc) is 3.17. The highest BCUT2D eigenvalue weighted by Crippen LogP contribution is 2.33. The zero-order valence-electron chi connectivity index (χ0n) is 14.6. The number of nitrogens with one attached hydrogen (secondary N) is 1. The second-order valence-corrected chi connectivity index (χ2v) is 7.88. The third-order valence-electron chi connectivity index (χ3n) is 4.94. The van der Waals surface area contributed by atoms with E-state index in [1.54, 1.807) is 6.20 Å². The normalized spacial score (nSPS) is 16.7. The van der Waals surface area contributed by atoms with Gasteiger partial charge in [0, 0.05) is 37.4 Å². The lowest BCUT2D eigenvalue weighted by atomic mass is 10.2. The zero-order valence-corrected chi connectivity index (χ0v) is 15.5. The molecule has 0 spiro atoms. The lowest BCUT2D eigenvalue weighted by Crippen LogP contribution is -2.19. The molecule has 0 bridgehead atoms. The van der Waals surface area contributed by atoms with Gasteiger partial charge in [0.1, 0.15) is 11.5 Å². The first-order valence-corrected chi connectivity index (χ1v) is 9.76. The van der Waals surface area contributed by atoms with Gasteiger partial charge < -0.3 is 5.32 Å². The van der Waals surface area contributed by atoms with Gasteiger partial charge in [-0.25, -0.2) is 9.97 Å². The summed E-state index contributed by atoms with van der Waals surface area (Å²) >= 11 is 1.34. The first-order valence-electron chi connectivity index (χ1n) is 8.98. The fourth-order valence-corrected chi connectivity index (χ4v) is 3.91. The van der Waals surface area contributed by atoms with Gasteiger partial charge in [0.15, 0.2) is 5.82 Å². The van der Waals surface area contributed by atoms with Crippen molar-refractivity contribution in [3.05, 3.63) is 47.3 Å². The van der Waals surface area contributed by atoms with E-state index in [-0.39, 0.29) is 0 Å². The number of anilines is 2. The van der Waals surface area contributed by atoms with Gasteiger partial charge in [-0.15, -0.1) is 0 Å². The standard InChI is InChI=1S/C19H20N6S/c1-12-3-2-8-20-17(12)22-19-23-18(24-26-19)15-7-6-14-10-25(9-13-4-5-13)11-16(14)21-15/h2-3,6-8,13H,4-5,9-11H2,1H3,(H,20,22,23,24). The van der Waals surface area contributed by atoms with E-state index >= 15 is 0 Å². The van der Waals surface area contributed by atoms with E-state index in [0.717, 1.165) is 41.2 Å². The molecule has 4 heterocycles. The quantitative estimate of drug-likeness (QED) is 0.743. The van der Waals surface area contributed by atoms with Crippen LogP contribution in [0.5, 0.6) is 0 Å². The summed E-state index contributed by atoms with van der Waals surface area (Å²) in [5.74, 6) is 2.40. The number of hydrogen-bond acceptors (Lipinski definition) is 7. The number of aryl methyl sites for hydroxylation is 1. The number of hydrogen-bond donors (Lipinski definition) is 1. The Kier molecular flexibility index (Phi) is 3.90. The van der Waals surface area contributed by atoms with E-state index in [1.165, 1.54) is 42.2 Å². The molecule has 2 aliphatic rings. The summed E-state index contributed by atoms with van der Waals surface area (Å²) in [6, 6.07) is 8.17. The Morgan fingerprint density at radius 1 is 1.19 bits per heavy atom. The minimum Gasteiger partial charge on any atom is -0.315 e. The number of fused-ring (bicyclic) bond motifs is 1. The Labute approximate surface area is 156 Å². The Balaban J connectivity index is 1.33. The van der Waals surface area contributed by atoms with Crippen molar-refractivity contribution in [3.8, 4) is 11.5 Å². The van der Waals surface area contributed by atoms with Crippen molar-refractivity contribution in [2.45, 2.75) is 32.9 Å². The molecule has 3 aromatic rings. The molecule has 1 N–H and O–H groups in total. The van der Waals surface area contributed by atoms with Crippen molar-refractivity contribution in [2.75, 3.05) is 11.9 Å². The van der Waals surface area contributed by atoms with Crippen LogP contribution in [0.15, 0.2) is 30.5 Å². The van der Waals surface area contributed by atoms with Gasteiger partial charge in [0.05, 0.1) is 5.69 Å². The predicted octanol–water partition coefficient (Wildman–Crippen LogP) is 3.77. The molecule has 5 rings (SSSR count). The van der Waals surface area contributed by atoms with Crippen LogP contribution in [0.25, 0.3) is 11.5 Å². The number of nitrogens with zero attached hydrogens (tertiary/aromatic N) is 5. The van der Waals surface area contributed by atoms with E-state index in [9.17, 15) is 0 Å². The molecule has 0 unspecified atom stereocenters.